The standard InChI is InChI=1S/C17H24ClNO/c1-3-5-6-14(4-2)13-19-17(20)12-9-15-7-10-16(18)11-8-15/h7-12,14H,3-6,13H2,1-2H3,(H,19,20)/b12-9+/t14-/m0/s1. The van der Waals surface area contributed by atoms with Gasteiger partial charge in [-0.25, -0.2) is 0 Å². The fraction of sp³-hybridized carbons (Fsp3) is 0.471. The third-order valence-electron chi connectivity index (χ3n) is 3.41. The molecule has 0 unspecified atom stereocenters. The van der Waals surface area contributed by atoms with Gasteiger partial charge in [0, 0.05) is 17.6 Å². The van der Waals surface area contributed by atoms with Crippen LogP contribution in [0.5, 0.6) is 0 Å². The average molecular weight is 294 g/mol. The van der Waals surface area contributed by atoms with E-state index in [2.05, 4.69) is 19.2 Å². The van der Waals surface area contributed by atoms with Crippen LogP contribution in [0.15, 0.2) is 30.3 Å². The Hall–Kier alpha value is -1.28. The largest absolute Gasteiger partial charge is 0.352 e. The summed E-state index contributed by atoms with van der Waals surface area (Å²) in [5.74, 6) is 0.553. The molecule has 1 N–H and O–H groups in total. The third-order valence-corrected chi connectivity index (χ3v) is 3.66. The van der Waals surface area contributed by atoms with Gasteiger partial charge >= 0.3 is 0 Å². The second kappa shape index (κ2) is 9.60. The number of carbonyl (C=O) groups is 1. The number of benzene rings is 1. The van der Waals surface area contributed by atoms with Crippen molar-refractivity contribution in [2.24, 2.45) is 5.92 Å². The molecule has 2 nitrogen and oxygen atoms in total. The van der Waals surface area contributed by atoms with Gasteiger partial charge in [-0.1, -0.05) is 56.8 Å². The number of rotatable bonds is 8. The van der Waals surface area contributed by atoms with Gasteiger partial charge < -0.3 is 5.32 Å². The summed E-state index contributed by atoms with van der Waals surface area (Å²) in [4.78, 5) is 11.8. The first-order chi connectivity index (χ1) is 9.65. The SMILES string of the molecule is CCCC[C@H](CC)CNC(=O)/C=C/c1ccc(Cl)cc1. The van der Waals surface area contributed by atoms with Gasteiger partial charge in [0.05, 0.1) is 0 Å². The third kappa shape index (κ3) is 6.76. The van der Waals surface area contributed by atoms with E-state index in [1.54, 1.807) is 12.2 Å². The molecule has 0 aliphatic carbocycles. The highest BCUT2D eigenvalue weighted by molar-refractivity contribution is 6.30. The number of halogens is 1. The Balaban J connectivity index is 2.37. The Labute approximate surface area is 127 Å². The highest BCUT2D eigenvalue weighted by Gasteiger charge is 2.06. The molecule has 0 aliphatic rings. The predicted molar refractivity (Wildman–Crippen MR) is 86.8 cm³/mol. The summed E-state index contributed by atoms with van der Waals surface area (Å²) < 4.78 is 0. The summed E-state index contributed by atoms with van der Waals surface area (Å²) in [7, 11) is 0. The summed E-state index contributed by atoms with van der Waals surface area (Å²) >= 11 is 5.81. The van der Waals surface area contributed by atoms with Crippen molar-refractivity contribution < 1.29 is 4.79 Å². The molecule has 0 fully saturated rings. The summed E-state index contributed by atoms with van der Waals surface area (Å²) in [6.07, 6.45) is 8.12. The summed E-state index contributed by atoms with van der Waals surface area (Å²) in [5.41, 5.74) is 0.975. The van der Waals surface area contributed by atoms with Crippen molar-refractivity contribution in [1.29, 1.82) is 0 Å². The maximum absolute atomic E-state index is 11.8. The van der Waals surface area contributed by atoms with Crippen LogP contribution < -0.4 is 5.32 Å². The van der Waals surface area contributed by atoms with Crippen LogP contribution in [-0.4, -0.2) is 12.5 Å². The van der Waals surface area contributed by atoms with Gasteiger partial charge in [-0.15, -0.1) is 0 Å². The molecule has 0 bridgehead atoms. The van der Waals surface area contributed by atoms with Crippen molar-refractivity contribution >= 4 is 23.6 Å². The highest BCUT2D eigenvalue weighted by atomic mass is 35.5. The number of hydrogen-bond acceptors (Lipinski definition) is 1. The zero-order valence-electron chi connectivity index (χ0n) is 12.4. The van der Waals surface area contributed by atoms with Crippen molar-refractivity contribution in [3.8, 4) is 0 Å². The second-order valence-corrected chi connectivity index (χ2v) is 5.48. The number of carbonyl (C=O) groups excluding carboxylic acids is 1. The zero-order valence-corrected chi connectivity index (χ0v) is 13.1. The molecule has 1 amide bonds. The van der Waals surface area contributed by atoms with E-state index >= 15 is 0 Å². The van der Waals surface area contributed by atoms with Crippen LogP contribution in [0.1, 0.15) is 45.1 Å². The van der Waals surface area contributed by atoms with Crippen LogP contribution in [0.25, 0.3) is 6.08 Å². The molecule has 0 aromatic heterocycles. The van der Waals surface area contributed by atoms with Crippen molar-refractivity contribution in [1.82, 2.24) is 5.32 Å². The fourth-order valence-electron chi connectivity index (χ4n) is 1.99. The van der Waals surface area contributed by atoms with Crippen LogP contribution >= 0.6 is 11.6 Å². The smallest absolute Gasteiger partial charge is 0.244 e. The first kappa shape index (κ1) is 16.8. The first-order valence-electron chi connectivity index (χ1n) is 7.37. The van der Waals surface area contributed by atoms with E-state index in [-0.39, 0.29) is 5.91 Å². The molecule has 0 heterocycles. The fourth-order valence-corrected chi connectivity index (χ4v) is 2.12. The lowest BCUT2D eigenvalue weighted by Gasteiger charge is -2.14. The van der Waals surface area contributed by atoms with Gasteiger partial charge in [-0.2, -0.15) is 0 Å². The number of amides is 1. The van der Waals surface area contributed by atoms with Crippen LogP contribution in [0.4, 0.5) is 0 Å². The van der Waals surface area contributed by atoms with Gasteiger partial charge in [0.25, 0.3) is 0 Å². The lowest BCUT2D eigenvalue weighted by molar-refractivity contribution is -0.116. The van der Waals surface area contributed by atoms with Crippen molar-refractivity contribution in [3.05, 3.63) is 40.9 Å². The Morgan fingerprint density at radius 3 is 2.60 bits per heavy atom. The normalized spacial score (nSPS) is 12.6. The minimum Gasteiger partial charge on any atom is -0.352 e. The van der Waals surface area contributed by atoms with Crippen LogP contribution in [0.2, 0.25) is 5.02 Å². The Bertz CT molecular complexity index is 425. The first-order valence-corrected chi connectivity index (χ1v) is 7.75. The Morgan fingerprint density at radius 2 is 2.00 bits per heavy atom. The molecule has 1 rings (SSSR count). The number of nitrogens with one attached hydrogen (secondary N) is 1. The quantitative estimate of drug-likeness (QED) is 0.692. The van der Waals surface area contributed by atoms with E-state index < -0.39 is 0 Å². The summed E-state index contributed by atoms with van der Waals surface area (Å²) in [6.45, 7) is 5.14. The monoisotopic (exact) mass is 293 g/mol. The van der Waals surface area contributed by atoms with Crippen molar-refractivity contribution in [2.75, 3.05) is 6.54 Å². The molecule has 0 saturated carbocycles. The lowest BCUT2D eigenvalue weighted by Crippen LogP contribution is -2.27. The number of hydrogen-bond donors (Lipinski definition) is 1. The number of unbranched alkanes of at least 4 members (excludes halogenated alkanes) is 1. The zero-order chi connectivity index (χ0) is 14.8. The van der Waals surface area contributed by atoms with Gasteiger partial charge in [0.1, 0.15) is 0 Å². The molecule has 1 atom stereocenters. The molecule has 20 heavy (non-hydrogen) atoms. The van der Waals surface area contributed by atoms with Crippen LogP contribution in [-0.2, 0) is 4.79 Å². The molecule has 110 valence electrons. The summed E-state index contributed by atoms with van der Waals surface area (Å²) in [6, 6.07) is 7.42. The second-order valence-electron chi connectivity index (χ2n) is 5.05. The molecular weight excluding hydrogens is 270 g/mol. The van der Waals surface area contributed by atoms with E-state index in [9.17, 15) is 4.79 Å². The Morgan fingerprint density at radius 1 is 1.30 bits per heavy atom. The Kier molecular flexibility index (Phi) is 8.05. The van der Waals surface area contributed by atoms with E-state index in [0.717, 1.165) is 18.5 Å². The molecule has 0 radical (unpaired) electrons. The molecule has 1 aromatic carbocycles. The van der Waals surface area contributed by atoms with E-state index in [1.807, 2.05) is 24.3 Å². The highest BCUT2D eigenvalue weighted by Crippen LogP contribution is 2.12. The van der Waals surface area contributed by atoms with Crippen molar-refractivity contribution in [2.45, 2.75) is 39.5 Å². The van der Waals surface area contributed by atoms with E-state index in [1.165, 1.54) is 19.3 Å². The maximum Gasteiger partial charge on any atom is 0.244 e. The molecule has 0 saturated heterocycles. The minimum absolute atomic E-state index is 0.0325. The van der Waals surface area contributed by atoms with E-state index in [4.69, 9.17) is 11.6 Å². The van der Waals surface area contributed by atoms with Crippen LogP contribution in [0, 0.1) is 5.92 Å². The topological polar surface area (TPSA) is 29.1 Å². The van der Waals surface area contributed by atoms with Gasteiger partial charge in [0.2, 0.25) is 5.91 Å². The lowest BCUT2D eigenvalue weighted by atomic mass is 9.99. The van der Waals surface area contributed by atoms with Crippen molar-refractivity contribution in [3.63, 3.8) is 0 Å². The van der Waals surface area contributed by atoms with Gasteiger partial charge in [-0.3, -0.25) is 4.79 Å². The average Bonchev–Trinajstić information content (AvgIpc) is 2.47. The molecule has 1 aromatic rings. The predicted octanol–water partition coefficient (Wildman–Crippen LogP) is 4.69. The van der Waals surface area contributed by atoms with Crippen LogP contribution in [0.3, 0.4) is 0 Å². The maximum atomic E-state index is 11.8. The molecular formula is C17H24ClNO. The van der Waals surface area contributed by atoms with E-state index in [0.29, 0.717) is 10.9 Å². The molecule has 3 heteroatoms. The summed E-state index contributed by atoms with van der Waals surface area (Å²) in [5, 5.41) is 3.67. The van der Waals surface area contributed by atoms with Gasteiger partial charge in [-0.05, 0) is 36.1 Å². The minimum atomic E-state index is -0.0325. The molecule has 0 aliphatic heterocycles. The molecule has 0 spiro atoms. The van der Waals surface area contributed by atoms with Gasteiger partial charge in [0.15, 0.2) is 0 Å².